The highest BCUT2D eigenvalue weighted by molar-refractivity contribution is 5.61. The summed E-state index contributed by atoms with van der Waals surface area (Å²) < 4.78 is 0. The first-order chi connectivity index (χ1) is 4.74. The largest absolute Gasteiger partial charge is 0.396 e. The summed E-state index contributed by atoms with van der Waals surface area (Å²) in [7, 11) is 1.80. The first-order valence-electron chi connectivity index (χ1n) is 3.14. The van der Waals surface area contributed by atoms with E-state index in [1.54, 1.807) is 13.2 Å². The number of aromatic nitrogens is 1. The first kappa shape index (κ1) is 6.86. The normalized spacial score (nSPS) is 9.40. The first-order valence-corrected chi connectivity index (χ1v) is 3.14. The second-order valence-electron chi connectivity index (χ2n) is 2.20. The summed E-state index contributed by atoms with van der Waals surface area (Å²) in [4.78, 5) is 4.06. The van der Waals surface area contributed by atoms with Crippen LogP contribution in [-0.4, -0.2) is 12.0 Å². The Kier molecular flexibility index (Phi) is 1.76. The van der Waals surface area contributed by atoms with E-state index in [1.165, 1.54) is 0 Å². The van der Waals surface area contributed by atoms with Crippen molar-refractivity contribution in [3.05, 3.63) is 17.8 Å². The van der Waals surface area contributed by atoms with Crippen molar-refractivity contribution in [1.29, 1.82) is 0 Å². The fourth-order valence-electron chi connectivity index (χ4n) is 0.801. The third kappa shape index (κ3) is 1.18. The SMILES string of the molecule is CNc1ncc(C)cc1N. The van der Waals surface area contributed by atoms with Gasteiger partial charge in [-0.15, -0.1) is 0 Å². The van der Waals surface area contributed by atoms with Crippen molar-refractivity contribution in [3.8, 4) is 0 Å². The maximum absolute atomic E-state index is 5.61. The van der Waals surface area contributed by atoms with E-state index in [-0.39, 0.29) is 0 Å². The summed E-state index contributed by atoms with van der Waals surface area (Å²) in [5.74, 6) is 0.741. The Morgan fingerprint density at radius 1 is 1.60 bits per heavy atom. The summed E-state index contributed by atoms with van der Waals surface area (Å²) in [6, 6.07) is 1.89. The highest BCUT2D eigenvalue weighted by Crippen LogP contribution is 2.14. The molecular weight excluding hydrogens is 126 g/mol. The van der Waals surface area contributed by atoms with Crippen LogP contribution in [0.3, 0.4) is 0 Å². The molecule has 0 amide bonds. The number of nitrogen functional groups attached to an aromatic ring is 1. The molecule has 0 aliphatic carbocycles. The fourth-order valence-corrected chi connectivity index (χ4v) is 0.801. The molecule has 0 bridgehead atoms. The van der Waals surface area contributed by atoms with Crippen molar-refractivity contribution >= 4 is 11.5 Å². The van der Waals surface area contributed by atoms with Gasteiger partial charge in [-0.2, -0.15) is 0 Å². The molecular formula is C7H11N3. The van der Waals surface area contributed by atoms with Crippen LogP contribution in [0.4, 0.5) is 11.5 Å². The van der Waals surface area contributed by atoms with Gasteiger partial charge in [-0.3, -0.25) is 0 Å². The Morgan fingerprint density at radius 2 is 2.30 bits per heavy atom. The van der Waals surface area contributed by atoms with Crippen molar-refractivity contribution in [2.75, 3.05) is 18.1 Å². The standard InChI is InChI=1S/C7H11N3/c1-5-3-6(8)7(9-2)10-4-5/h3-4H,8H2,1-2H3,(H,9,10). The summed E-state index contributed by atoms with van der Waals surface area (Å²) in [6.45, 7) is 1.96. The lowest BCUT2D eigenvalue weighted by Crippen LogP contribution is -1.98. The van der Waals surface area contributed by atoms with Gasteiger partial charge in [-0.1, -0.05) is 0 Å². The monoisotopic (exact) mass is 137 g/mol. The smallest absolute Gasteiger partial charge is 0.148 e. The van der Waals surface area contributed by atoms with E-state index in [2.05, 4.69) is 10.3 Å². The molecule has 0 atom stereocenters. The lowest BCUT2D eigenvalue weighted by atomic mass is 10.3. The molecule has 1 aromatic rings. The summed E-state index contributed by atoms with van der Waals surface area (Å²) in [5.41, 5.74) is 7.38. The topological polar surface area (TPSA) is 50.9 Å². The van der Waals surface area contributed by atoms with E-state index in [4.69, 9.17) is 5.73 Å². The lowest BCUT2D eigenvalue weighted by molar-refractivity contribution is 1.25. The maximum Gasteiger partial charge on any atom is 0.148 e. The van der Waals surface area contributed by atoms with Crippen molar-refractivity contribution in [2.24, 2.45) is 0 Å². The molecule has 1 aromatic heterocycles. The highest BCUT2D eigenvalue weighted by atomic mass is 15.0. The number of pyridine rings is 1. The van der Waals surface area contributed by atoms with Crippen LogP contribution >= 0.6 is 0 Å². The van der Waals surface area contributed by atoms with Crippen molar-refractivity contribution in [1.82, 2.24) is 4.98 Å². The average Bonchev–Trinajstić information content (AvgIpc) is 1.88. The molecule has 0 saturated carbocycles. The van der Waals surface area contributed by atoms with Gasteiger partial charge in [-0.25, -0.2) is 4.98 Å². The van der Waals surface area contributed by atoms with Crippen LogP contribution in [-0.2, 0) is 0 Å². The lowest BCUT2D eigenvalue weighted by Gasteiger charge is -2.02. The van der Waals surface area contributed by atoms with Gasteiger partial charge in [0.2, 0.25) is 0 Å². The quantitative estimate of drug-likeness (QED) is 0.607. The summed E-state index contributed by atoms with van der Waals surface area (Å²) in [6.07, 6.45) is 1.78. The minimum absolute atomic E-state index is 0.697. The van der Waals surface area contributed by atoms with Gasteiger partial charge in [-0.05, 0) is 18.6 Å². The number of aryl methyl sites for hydroxylation is 1. The number of nitrogens with zero attached hydrogens (tertiary/aromatic N) is 1. The van der Waals surface area contributed by atoms with Gasteiger partial charge in [0.15, 0.2) is 0 Å². The Hall–Kier alpha value is -1.25. The summed E-state index contributed by atoms with van der Waals surface area (Å²) in [5, 5.41) is 2.89. The highest BCUT2D eigenvalue weighted by Gasteiger charge is 1.95. The van der Waals surface area contributed by atoms with Crippen LogP contribution < -0.4 is 11.1 Å². The Morgan fingerprint density at radius 3 is 2.80 bits per heavy atom. The molecule has 0 aromatic carbocycles. The van der Waals surface area contributed by atoms with Gasteiger partial charge in [0.1, 0.15) is 5.82 Å². The average molecular weight is 137 g/mol. The van der Waals surface area contributed by atoms with Crippen LogP contribution in [0.2, 0.25) is 0 Å². The molecule has 3 N–H and O–H groups in total. The zero-order valence-electron chi connectivity index (χ0n) is 6.18. The van der Waals surface area contributed by atoms with Crippen molar-refractivity contribution < 1.29 is 0 Å². The molecule has 0 saturated heterocycles. The molecule has 0 spiro atoms. The molecule has 1 rings (SSSR count). The summed E-state index contributed by atoms with van der Waals surface area (Å²) >= 11 is 0. The zero-order valence-corrected chi connectivity index (χ0v) is 6.18. The molecule has 10 heavy (non-hydrogen) atoms. The Balaban J connectivity index is 3.07. The van der Waals surface area contributed by atoms with Gasteiger partial charge in [0, 0.05) is 13.2 Å². The Labute approximate surface area is 60.3 Å². The third-order valence-electron chi connectivity index (χ3n) is 1.29. The predicted molar refractivity (Wildman–Crippen MR) is 42.9 cm³/mol. The molecule has 0 unspecified atom stereocenters. The molecule has 54 valence electrons. The van der Waals surface area contributed by atoms with E-state index in [1.807, 2.05) is 13.0 Å². The number of hydrogen-bond acceptors (Lipinski definition) is 3. The van der Waals surface area contributed by atoms with E-state index in [9.17, 15) is 0 Å². The molecule has 0 aliphatic heterocycles. The van der Waals surface area contributed by atoms with Crippen LogP contribution in [0.1, 0.15) is 5.56 Å². The minimum atomic E-state index is 0.697. The number of nitrogens with one attached hydrogen (secondary N) is 1. The van der Waals surface area contributed by atoms with Crippen LogP contribution in [0.5, 0.6) is 0 Å². The number of anilines is 2. The van der Waals surface area contributed by atoms with E-state index in [0.29, 0.717) is 5.69 Å². The van der Waals surface area contributed by atoms with Crippen LogP contribution in [0, 0.1) is 6.92 Å². The Bertz CT molecular complexity index is 232. The second kappa shape index (κ2) is 2.56. The number of nitrogens with two attached hydrogens (primary N) is 1. The van der Waals surface area contributed by atoms with Gasteiger partial charge in [0.25, 0.3) is 0 Å². The van der Waals surface area contributed by atoms with Gasteiger partial charge in [0.05, 0.1) is 5.69 Å². The van der Waals surface area contributed by atoms with E-state index < -0.39 is 0 Å². The molecule has 0 radical (unpaired) electrons. The number of rotatable bonds is 1. The molecule has 3 nitrogen and oxygen atoms in total. The maximum atomic E-state index is 5.61. The van der Waals surface area contributed by atoms with Crippen molar-refractivity contribution in [2.45, 2.75) is 6.92 Å². The van der Waals surface area contributed by atoms with Gasteiger partial charge >= 0.3 is 0 Å². The molecule has 0 aliphatic rings. The molecule has 0 fully saturated rings. The minimum Gasteiger partial charge on any atom is -0.396 e. The van der Waals surface area contributed by atoms with E-state index >= 15 is 0 Å². The molecule has 1 heterocycles. The zero-order chi connectivity index (χ0) is 7.56. The van der Waals surface area contributed by atoms with Gasteiger partial charge < -0.3 is 11.1 Å². The third-order valence-corrected chi connectivity index (χ3v) is 1.29. The van der Waals surface area contributed by atoms with E-state index in [0.717, 1.165) is 11.4 Å². The van der Waals surface area contributed by atoms with Crippen LogP contribution in [0.25, 0.3) is 0 Å². The number of hydrogen-bond donors (Lipinski definition) is 2. The fraction of sp³-hybridized carbons (Fsp3) is 0.286. The second-order valence-corrected chi connectivity index (χ2v) is 2.20. The van der Waals surface area contributed by atoms with Crippen LogP contribution in [0.15, 0.2) is 12.3 Å². The predicted octanol–water partition coefficient (Wildman–Crippen LogP) is 1.01. The molecule has 3 heteroatoms. The van der Waals surface area contributed by atoms with Crippen molar-refractivity contribution in [3.63, 3.8) is 0 Å².